The van der Waals surface area contributed by atoms with Crippen LogP contribution in [0.2, 0.25) is 0 Å². The fraction of sp³-hybridized carbons (Fsp3) is 0.0370. The van der Waals surface area contributed by atoms with E-state index in [4.69, 9.17) is 0 Å². The van der Waals surface area contributed by atoms with E-state index >= 15 is 0 Å². The summed E-state index contributed by atoms with van der Waals surface area (Å²) in [6, 6.07) is 69.3. The van der Waals surface area contributed by atoms with Crippen molar-refractivity contribution < 1.29 is 0 Å². The van der Waals surface area contributed by atoms with Crippen LogP contribution in [0.4, 0.5) is 0 Å². The first kappa shape index (κ1) is 32.3. The predicted molar refractivity (Wildman–Crippen MR) is 244 cm³/mol. The summed E-state index contributed by atoms with van der Waals surface area (Å²) in [5, 5.41) is 6.54. The van der Waals surface area contributed by atoms with Crippen LogP contribution < -0.4 is 0 Å². The van der Waals surface area contributed by atoms with Gasteiger partial charge in [-0.1, -0.05) is 133 Å². The maximum absolute atomic E-state index is 2.46. The highest BCUT2D eigenvalue weighted by Crippen LogP contribution is 2.41. The Labute approximate surface area is 334 Å². The van der Waals surface area contributed by atoms with Gasteiger partial charge in [-0.15, -0.1) is 11.3 Å². The van der Waals surface area contributed by atoms with Gasteiger partial charge < -0.3 is 9.13 Å². The lowest BCUT2D eigenvalue weighted by Crippen LogP contribution is -2.05. The summed E-state index contributed by atoms with van der Waals surface area (Å²) in [6.45, 7) is 0. The Morgan fingerprint density at radius 2 is 0.895 bits per heavy atom. The van der Waals surface area contributed by atoms with E-state index in [1.54, 1.807) is 0 Å². The summed E-state index contributed by atoms with van der Waals surface area (Å²) < 4.78 is 7.58. The largest absolute Gasteiger partial charge is 0.313 e. The summed E-state index contributed by atoms with van der Waals surface area (Å²) in [4.78, 5) is 0. The third-order valence-corrected chi connectivity index (χ3v) is 13.2. The van der Waals surface area contributed by atoms with E-state index < -0.39 is 0 Å². The molecular formula is C54H36N2S. The molecule has 0 saturated heterocycles. The molecule has 3 heterocycles. The van der Waals surface area contributed by atoms with Crippen molar-refractivity contribution >= 4 is 75.9 Å². The molecule has 0 fully saturated rings. The molecule has 12 rings (SSSR count). The molecular weight excluding hydrogens is 709 g/mol. The molecule has 3 aromatic heterocycles. The molecule has 0 spiro atoms. The summed E-state index contributed by atoms with van der Waals surface area (Å²) in [6.07, 6.45) is 4.45. The van der Waals surface area contributed by atoms with Gasteiger partial charge in [-0.05, 0) is 107 Å². The van der Waals surface area contributed by atoms with Crippen LogP contribution in [0.15, 0.2) is 188 Å². The fourth-order valence-corrected chi connectivity index (χ4v) is 10.5. The summed E-state index contributed by atoms with van der Waals surface area (Å²) >= 11 is 1.87. The monoisotopic (exact) mass is 744 g/mol. The van der Waals surface area contributed by atoms with Gasteiger partial charge in [-0.3, -0.25) is 0 Å². The molecule has 0 atom stereocenters. The van der Waals surface area contributed by atoms with Gasteiger partial charge >= 0.3 is 0 Å². The molecule has 3 heteroatoms. The molecule has 0 amide bonds. The van der Waals surface area contributed by atoms with Crippen LogP contribution in [0, 0.1) is 0 Å². The zero-order valence-corrected chi connectivity index (χ0v) is 32.0. The lowest BCUT2D eigenvalue weighted by Gasteiger charge is -2.18. The second kappa shape index (κ2) is 12.8. The number of aromatic nitrogens is 2. The van der Waals surface area contributed by atoms with Crippen LogP contribution in [0.3, 0.4) is 0 Å². The molecule has 0 unspecified atom stereocenters. The molecule has 0 radical (unpaired) electrons. The third kappa shape index (κ3) is 5.16. The number of nitrogens with zero attached hydrogens (tertiary/aromatic N) is 2. The normalized spacial score (nSPS) is 12.9. The van der Waals surface area contributed by atoms with Crippen LogP contribution in [0.5, 0.6) is 0 Å². The first-order valence-electron chi connectivity index (χ1n) is 19.8. The van der Waals surface area contributed by atoms with Gasteiger partial charge in [0.2, 0.25) is 0 Å². The Bertz CT molecular complexity index is 3370. The Hall–Kier alpha value is -6.94. The Balaban J connectivity index is 0.901. The van der Waals surface area contributed by atoms with E-state index in [1.807, 2.05) is 11.3 Å². The number of hydrogen-bond donors (Lipinski definition) is 0. The molecule has 8 aromatic carbocycles. The molecule has 268 valence electrons. The van der Waals surface area contributed by atoms with Crippen molar-refractivity contribution in [3.8, 4) is 33.6 Å². The van der Waals surface area contributed by atoms with Crippen LogP contribution in [0.1, 0.15) is 23.2 Å². The highest BCUT2D eigenvalue weighted by molar-refractivity contribution is 7.25. The first-order valence-corrected chi connectivity index (χ1v) is 20.6. The third-order valence-electron chi connectivity index (χ3n) is 12.1. The smallest absolute Gasteiger partial charge is 0.0547 e. The van der Waals surface area contributed by atoms with E-state index in [9.17, 15) is 0 Å². The second-order valence-electron chi connectivity index (χ2n) is 15.2. The average Bonchev–Trinajstić information content (AvgIpc) is 3.94. The average molecular weight is 745 g/mol. The highest BCUT2D eigenvalue weighted by Gasteiger charge is 2.22. The lowest BCUT2D eigenvalue weighted by atomic mass is 9.91. The van der Waals surface area contributed by atoms with E-state index in [0.29, 0.717) is 0 Å². The molecule has 1 aliphatic carbocycles. The maximum Gasteiger partial charge on any atom is 0.0547 e. The minimum Gasteiger partial charge on any atom is -0.313 e. The maximum atomic E-state index is 2.46. The van der Waals surface area contributed by atoms with Gasteiger partial charge in [0.1, 0.15) is 0 Å². The second-order valence-corrected chi connectivity index (χ2v) is 16.3. The quantitative estimate of drug-likeness (QED) is 0.166. The van der Waals surface area contributed by atoms with Gasteiger partial charge in [0.15, 0.2) is 0 Å². The molecule has 0 bridgehead atoms. The topological polar surface area (TPSA) is 9.86 Å². The Morgan fingerprint density at radius 1 is 0.351 bits per heavy atom. The Kier molecular flexibility index (Phi) is 7.26. The number of allylic oxidation sites excluding steroid dienone is 1. The van der Waals surface area contributed by atoms with Crippen molar-refractivity contribution in [1.82, 2.24) is 9.13 Å². The van der Waals surface area contributed by atoms with Crippen molar-refractivity contribution in [3.63, 3.8) is 0 Å². The molecule has 1 aliphatic rings. The molecule has 11 aromatic rings. The molecule has 0 saturated carbocycles. The van der Waals surface area contributed by atoms with E-state index in [-0.39, 0.29) is 0 Å². The minimum absolute atomic E-state index is 0.995. The van der Waals surface area contributed by atoms with Crippen LogP contribution >= 0.6 is 11.3 Å². The van der Waals surface area contributed by atoms with E-state index in [2.05, 4.69) is 203 Å². The standard InChI is InChI=1S/C54H36N2S/c1-2-10-41(11-3-1)55-50-16-8-5-13-44(50)48-32-38(26-31-51(48)55)39-24-29-45-43-12-4-7-15-49(43)56(52(45)33-39)42-27-22-36(23-28-42)35-18-20-37(21-19-35)40-25-30-47-46-14-6-9-17-53(46)57-54(47)34-40/h1-25,27-30,32-34H,26,31H2. The molecule has 0 N–H and O–H groups in total. The SMILES string of the molecule is C1=C(c2ccc3c4ccccc4n(-c4ccc(-c5ccc(-c6ccc7c(c6)sc6ccccc67)cc5)cc4)c3c2)CCc2c1c1ccccc1n2-c1ccccc1. The van der Waals surface area contributed by atoms with E-state index in [1.165, 1.54) is 109 Å². The lowest BCUT2D eigenvalue weighted by molar-refractivity contribution is 0.898. The van der Waals surface area contributed by atoms with Gasteiger partial charge in [0.05, 0.1) is 16.6 Å². The van der Waals surface area contributed by atoms with Gasteiger partial charge in [0, 0.05) is 59.0 Å². The van der Waals surface area contributed by atoms with E-state index in [0.717, 1.165) is 12.8 Å². The summed E-state index contributed by atoms with van der Waals surface area (Å²) in [5.41, 5.74) is 16.5. The number of para-hydroxylation sites is 3. The summed E-state index contributed by atoms with van der Waals surface area (Å²) in [5.74, 6) is 0. The Morgan fingerprint density at radius 3 is 1.68 bits per heavy atom. The van der Waals surface area contributed by atoms with Crippen LogP contribution in [-0.2, 0) is 6.42 Å². The molecule has 0 aliphatic heterocycles. The molecule has 2 nitrogen and oxygen atoms in total. The van der Waals surface area contributed by atoms with Crippen molar-refractivity contribution in [1.29, 1.82) is 0 Å². The van der Waals surface area contributed by atoms with Gasteiger partial charge in [0.25, 0.3) is 0 Å². The molecule has 57 heavy (non-hydrogen) atoms. The van der Waals surface area contributed by atoms with Crippen molar-refractivity contribution in [2.24, 2.45) is 0 Å². The zero-order valence-electron chi connectivity index (χ0n) is 31.2. The predicted octanol–water partition coefficient (Wildman–Crippen LogP) is 14.9. The van der Waals surface area contributed by atoms with Crippen LogP contribution in [-0.4, -0.2) is 9.13 Å². The van der Waals surface area contributed by atoms with Gasteiger partial charge in [-0.25, -0.2) is 0 Å². The summed E-state index contributed by atoms with van der Waals surface area (Å²) in [7, 11) is 0. The number of benzene rings is 8. The number of thiophene rings is 1. The van der Waals surface area contributed by atoms with Crippen LogP contribution in [0.25, 0.3) is 98.2 Å². The van der Waals surface area contributed by atoms with Crippen molar-refractivity contribution in [3.05, 3.63) is 205 Å². The number of rotatable bonds is 5. The van der Waals surface area contributed by atoms with Crippen molar-refractivity contribution in [2.45, 2.75) is 12.8 Å². The van der Waals surface area contributed by atoms with Crippen molar-refractivity contribution in [2.75, 3.05) is 0 Å². The fourth-order valence-electron chi connectivity index (χ4n) is 9.34. The minimum atomic E-state index is 0.995. The van der Waals surface area contributed by atoms with Gasteiger partial charge in [-0.2, -0.15) is 0 Å². The number of fused-ring (bicyclic) bond motifs is 9. The number of hydrogen-bond acceptors (Lipinski definition) is 1. The first-order chi connectivity index (χ1) is 28.2. The highest BCUT2D eigenvalue weighted by atomic mass is 32.1. The zero-order chi connectivity index (χ0) is 37.5.